The first kappa shape index (κ1) is 10.6. The van der Waals surface area contributed by atoms with Crippen LogP contribution in [0, 0.1) is 0 Å². The van der Waals surface area contributed by atoms with E-state index in [0.717, 1.165) is 5.57 Å². The van der Waals surface area contributed by atoms with Crippen molar-refractivity contribution < 1.29 is 19.4 Å². The van der Waals surface area contributed by atoms with Crippen molar-refractivity contribution in [3.05, 3.63) is 12.2 Å². The number of ether oxygens (including phenoxy) is 1. The average molecular weight is 199 g/mol. The molecular weight excluding hydrogens is 186 g/mol. The Morgan fingerprint density at radius 2 is 2.36 bits per heavy atom. The zero-order valence-electron chi connectivity index (χ0n) is 8.02. The van der Waals surface area contributed by atoms with Crippen LogP contribution in [0.25, 0.3) is 0 Å². The maximum absolute atomic E-state index is 10.7. The van der Waals surface area contributed by atoms with Crippen LogP contribution in [0.15, 0.2) is 12.2 Å². The van der Waals surface area contributed by atoms with Crippen LogP contribution in [-0.2, 0) is 9.53 Å². The maximum Gasteiger partial charge on any atom is 0.407 e. The number of carbonyl (C=O) groups is 2. The van der Waals surface area contributed by atoms with Crippen molar-refractivity contribution in [3.8, 4) is 0 Å². The van der Waals surface area contributed by atoms with Crippen LogP contribution in [0.3, 0.4) is 0 Å². The molecule has 1 rings (SSSR count). The molecule has 78 valence electrons. The van der Waals surface area contributed by atoms with Gasteiger partial charge in [0.25, 0.3) is 0 Å². The van der Waals surface area contributed by atoms with Crippen molar-refractivity contribution in [3.63, 3.8) is 0 Å². The summed E-state index contributed by atoms with van der Waals surface area (Å²) in [6.07, 6.45) is -0.430. The van der Waals surface area contributed by atoms with E-state index in [9.17, 15) is 9.59 Å². The minimum absolute atomic E-state index is 0.112. The molecule has 1 aliphatic heterocycles. The smallest absolute Gasteiger partial charge is 0.407 e. The summed E-state index contributed by atoms with van der Waals surface area (Å²) in [5.74, 6) is -0.396. The van der Waals surface area contributed by atoms with Gasteiger partial charge in [-0.25, -0.2) is 4.79 Å². The summed E-state index contributed by atoms with van der Waals surface area (Å²) in [7, 11) is 0. The van der Waals surface area contributed by atoms with E-state index < -0.39 is 12.1 Å². The molecule has 0 aliphatic carbocycles. The lowest BCUT2D eigenvalue weighted by atomic mass is 10.2. The molecule has 0 aromatic rings. The summed E-state index contributed by atoms with van der Waals surface area (Å²) >= 11 is 0. The molecule has 1 heterocycles. The maximum atomic E-state index is 10.7. The summed E-state index contributed by atoms with van der Waals surface area (Å²) in [4.78, 5) is 22.5. The van der Waals surface area contributed by atoms with Crippen molar-refractivity contribution in [2.75, 3.05) is 13.2 Å². The lowest BCUT2D eigenvalue weighted by Gasteiger charge is -2.20. The lowest BCUT2D eigenvalue weighted by Crippen LogP contribution is -2.37. The van der Waals surface area contributed by atoms with Gasteiger partial charge in [0.1, 0.15) is 6.61 Å². The van der Waals surface area contributed by atoms with Gasteiger partial charge in [-0.3, -0.25) is 9.69 Å². The molecule has 0 aromatic carbocycles. The summed E-state index contributed by atoms with van der Waals surface area (Å²) in [5, 5.41) is 8.81. The van der Waals surface area contributed by atoms with E-state index in [1.807, 2.05) is 0 Å². The Hall–Kier alpha value is -1.52. The van der Waals surface area contributed by atoms with Crippen molar-refractivity contribution in [2.24, 2.45) is 0 Å². The standard InChI is InChI=1S/C9H13NO4/c1-6-3-8(5-14-7(2)11)10(4-6)9(12)13/h8H,1,3-5H2,2H3,(H,12,13)/t8-/m0/s1. The van der Waals surface area contributed by atoms with Gasteiger partial charge in [0.15, 0.2) is 0 Å². The van der Waals surface area contributed by atoms with Gasteiger partial charge in [0.2, 0.25) is 0 Å². The quantitative estimate of drug-likeness (QED) is 0.529. The van der Waals surface area contributed by atoms with Crippen molar-refractivity contribution >= 4 is 12.1 Å². The van der Waals surface area contributed by atoms with E-state index in [2.05, 4.69) is 6.58 Å². The predicted molar refractivity (Wildman–Crippen MR) is 48.9 cm³/mol. The molecule has 0 saturated carbocycles. The molecule has 0 radical (unpaired) electrons. The van der Waals surface area contributed by atoms with Crippen molar-refractivity contribution in [1.29, 1.82) is 0 Å². The van der Waals surface area contributed by atoms with E-state index >= 15 is 0 Å². The molecule has 1 amide bonds. The Labute approximate surface area is 82.0 Å². The molecule has 5 heteroatoms. The topological polar surface area (TPSA) is 66.8 Å². The summed E-state index contributed by atoms with van der Waals surface area (Å²) in [6, 6.07) is -0.274. The monoisotopic (exact) mass is 199 g/mol. The molecule has 1 N–H and O–H groups in total. The Balaban J connectivity index is 2.53. The number of hydrogen-bond acceptors (Lipinski definition) is 3. The first-order valence-electron chi connectivity index (χ1n) is 4.30. The zero-order chi connectivity index (χ0) is 10.7. The third-order valence-corrected chi connectivity index (χ3v) is 2.08. The molecule has 0 bridgehead atoms. The molecule has 5 nitrogen and oxygen atoms in total. The van der Waals surface area contributed by atoms with E-state index in [1.165, 1.54) is 11.8 Å². The van der Waals surface area contributed by atoms with Crippen molar-refractivity contribution in [1.82, 2.24) is 4.90 Å². The van der Waals surface area contributed by atoms with Crippen LogP contribution in [0.2, 0.25) is 0 Å². The first-order valence-corrected chi connectivity index (χ1v) is 4.30. The SMILES string of the molecule is C=C1C[C@@H](COC(C)=O)N(C(=O)O)C1. The van der Waals surface area contributed by atoms with Crippen LogP contribution >= 0.6 is 0 Å². The Morgan fingerprint density at radius 3 is 2.86 bits per heavy atom. The number of carbonyl (C=O) groups excluding carboxylic acids is 1. The van der Waals surface area contributed by atoms with Crippen LogP contribution < -0.4 is 0 Å². The van der Waals surface area contributed by atoms with Gasteiger partial charge in [0, 0.05) is 13.5 Å². The highest BCUT2D eigenvalue weighted by molar-refractivity contribution is 5.67. The number of likely N-dealkylation sites (tertiary alicyclic amines) is 1. The second kappa shape index (κ2) is 4.13. The normalized spacial score (nSPS) is 21.1. The molecule has 0 spiro atoms. The molecule has 1 aliphatic rings. The van der Waals surface area contributed by atoms with Crippen LogP contribution in [-0.4, -0.2) is 41.3 Å². The summed E-state index contributed by atoms with van der Waals surface area (Å²) in [5.41, 5.74) is 0.851. The Morgan fingerprint density at radius 1 is 1.71 bits per heavy atom. The van der Waals surface area contributed by atoms with E-state index in [-0.39, 0.29) is 12.6 Å². The molecule has 0 aromatic heterocycles. The predicted octanol–water partition coefficient (Wildman–Crippen LogP) is 0.858. The van der Waals surface area contributed by atoms with E-state index in [4.69, 9.17) is 9.84 Å². The van der Waals surface area contributed by atoms with Gasteiger partial charge in [-0.2, -0.15) is 0 Å². The Bertz CT molecular complexity index is 274. The second-order valence-electron chi connectivity index (χ2n) is 3.32. The summed E-state index contributed by atoms with van der Waals surface area (Å²) in [6.45, 7) is 5.47. The molecule has 1 saturated heterocycles. The number of hydrogen-bond donors (Lipinski definition) is 1. The fourth-order valence-corrected chi connectivity index (χ4v) is 1.46. The number of nitrogens with zero attached hydrogens (tertiary/aromatic N) is 1. The fraction of sp³-hybridized carbons (Fsp3) is 0.556. The molecule has 1 fully saturated rings. The van der Waals surface area contributed by atoms with Crippen LogP contribution in [0.4, 0.5) is 4.79 Å². The molecule has 1 atom stereocenters. The van der Waals surface area contributed by atoms with Gasteiger partial charge in [-0.15, -0.1) is 0 Å². The largest absolute Gasteiger partial charge is 0.465 e. The minimum atomic E-state index is -0.999. The van der Waals surface area contributed by atoms with Crippen molar-refractivity contribution in [2.45, 2.75) is 19.4 Å². The molecule has 14 heavy (non-hydrogen) atoms. The first-order chi connectivity index (χ1) is 6.50. The molecular formula is C9H13NO4. The van der Waals surface area contributed by atoms with Gasteiger partial charge in [-0.1, -0.05) is 12.2 Å². The van der Waals surface area contributed by atoms with Crippen LogP contribution in [0.1, 0.15) is 13.3 Å². The average Bonchev–Trinajstić information content (AvgIpc) is 2.43. The van der Waals surface area contributed by atoms with E-state index in [1.54, 1.807) is 0 Å². The van der Waals surface area contributed by atoms with Gasteiger partial charge in [0.05, 0.1) is 6.04 Å². The highest BCUT2D eigenvalue weighted by Gasteiger charge is 2.31. The highest BCUT2D eigenvalue weighted by atomic mass is 16.5. The van der Waals surface area contributed by atoms with Gasteiger partial charge >= 0.3 is 12.1 Å². The third-order valence-electron chi connectivity index (χ3n) is 2.08. The lowest BCUT2D eigenvalue weighted by molar-refractivity contribution is -0.142. The second-order valence-corrected chi connectivity index (χ2v) is 3.32. The zero-order valence-corrected chi connectivity index (χ0v) is 8.02. The number of carboxylic acid groups (broad SMARTS) is 1. The van der Waals surface area contributed by atoms with Gasteiger partial charge in [-0.05, 0) is 6.42 Å². The Kier molecular flexibility index (Phi) is 3.11. The van der Waals surface area contributed by atoms with Crippen LogP contribution in [0.5, 0.6) is 0 Å². The number of esters is 1. The number of amides is 1. The van der Waals surface area contributed by atoms with Gasteiger partial charge < -0.3 is 9.84 Å². The third kappa shape index (κ3) is 2.48. The molecule has 0 unspecified atom stereocenters. The fourth-order valence-electron chi connectivity index (χ4n) is 1.46. The summed E-state index contributed by atoms with van der Waals surface area (Å²) < 4.78 is 4.77. The minimum Gasteiger partial charge on any atom is -0.465 e. The highest BCUT2D eigenvalue weighted by Crippen LogP contribution is 2.21. The number of rotatable bonds is 2. The van der Waals surface area contributed by atoms with E-state index in [0.29, 0.717) is 13.0 Å².